The zero-order chi connectivity index (χ0) is 19.5. The molecule has 0 aliphatic carbocycles. The Morgan fingerprint density at radius 3 is 2.57 bits per heavy atom. The number of amides is 1. The lowest BCUT2D eigenvalue weighted by Crippen LogP contribution is -2.27. The number of nitrogens with zero attached hydrogens (tertiary/aromatic N) is 3. The number of carbonyl (C=O) groups is 1. The van der Waals surface area contributed by atoms with Crippen LogP contribution in [0.25, 0.3) is 10.9 Å². The highest BCUT2D eigenvalue weighted by molar-refractivity contribution is 8.01. The number of para-hydroxylation sites is 1. The molecule has 4 aromatic rings. The van der Waals surface area contributed by atoms with E-state index in [1.807, 2.05) is 74.5 Å². The predicted octanol–water partition coefficient (Wildman–Crippen LogP) is 5.04. The van der Waals surface area contributed by atoms with Gasteiger partial charge >= 0.3 is 0 Å². The summed E-state index contributed by atoms with van der Waals surface area (Å²) < 4.78 is 0.810. The quantitative estimate of drug-likeness (QED) is 0.503. The Morgan fingerprint density at radius 2 is 1.82 bits per heavy atom. The normalized spacial score (nSPS) is 12.1. The van der Waals surface area contributed by atoms with Gasteiger partial charge in [0.15, 0.2) is 4.34 Å². The van der Waals surface area contributed by atoms with Crippen molar-refractivity contribution in [2.45, 2.75) is 29.3 Å². The number of benzene rings is 2. The highest BCUT2D eigenvalue weighted by atomic mass is 32.2. The number of nitrogens with one attached hydrogen (secondary N) is 1. The molecule has 0 aliphatic heterocycles. The molecule has 2 aromatic heterocycles. The Morgan fingerprint density at radius 1 is 1.07 bits per heavy atom. The van der Waals surface area contributed by atoms with E-state index < -0.39 is 0 Å². The van der Waals surface area contributed by atoms with Gasteiger partial charge in [-0.2, -0.15) is 0 Å². The summed E-state index contributed by atoms with van der Waals surface area (Å²) in [6.45, 7) is 3.90. The van der Waals surface area contributed by atoms with E-state index in [1.165, 1.54) is 23.1 Å². The highest BCUT2D eigenvalue weighted by Crippen LogP contribution is 2.31. The molecule has 0 aliphatic rings. The smallest absolute Gasteiger partial charge is 0.252 e. The van der Waals surface area contributed by atoms with Crippen molar-refractivity contribution < 1.29 is 4.79 Å². The van der Waals surface area contributed by atoms with Gasteiger partial charge in [-0.05, 0) is 43.3 Å². The maximum absolute atomic E-state index is 13.1. The minimum absolute atomic E-state index is 0.0949. The minimum atomic E-state index is -0.120. The van der Waals surface area contributed by atoms with Crippen molar-refractivity contribution in [1.82, 2.24) is 20.5 Å². The van der Waals surface area contributed by atoms with Crippen LogP contribution >= 0.6 is 23.1 Å². The second kappa shape index (κ2) is 8.08. The standard InChI is InChI=1S/C21H18N4OS2/c1-13(15-8-4-3-5-9-15)22-20(26)17-12-19(28-21-25-24-14(2)27-21)23-18-11-7-6-10-16(17)18/h3-13H,1-2H3,(H,22,26)/t13-/m1/s1. The first-order valence-electron chi connectivity index (χ1n) is 8.84. The Labute approximate surface area is 171 Å². The van der Waals surface area contributed by atoms with Crippen LogP contribution in [-0.2, 0) is 0 Å². The summed E-state index contributed by atoms with van der Waals surface area (Å²) >= 11 is 2.93. The predicted molar refractivity (Wildman–Crippen MR) is 113 cm³/mol. The molecule has 1 N–H and O–H groups in total. The summed E-state index contributed by atoms with van der Waals surface area (Å²) in [4.78, 5) is 17.8. The van der Waals surface area contributed by atoms with Crippen LogP contribution in [0, 0.1) is 6.92 Å². The van der Waals surface area contributed by atoms with Crippen molar-refractivity contribution in [3.8, 4) is 0 Å². The summed E-state index contributed by atoms with van der Waals surface area (Å²) in [5, 5.41) is 13.8. The van der Waals surface area contributed by atoms with Crippen molar-refractivity contribution in [1.29, 1.82) is 0 Å². The topological polar surface area (TPSA) is 67.8 Å². The summed E-state index contributed by atoms with van der Waals surface area (Å²) in [5.41, 5.74) is 2.46. The minimum Gasteiger partial charge on any atom is -0.345 e. The molecule has 0 saturated heterocycles. The van der Waals surface area contributed by atoms with E-state index in [-0.39, 0.29) is 11.9 Å². The van der Waals surface area contributed by atoms with Crippen LogP contribution in [0.4, 0.5) is 0 Å². The molecule has 1 atom stereocenters. The van der Waals surface area contributed by atoms with Gasteiger partial charge in [0, 0.05) is 5.39 Å². The number of hydrogen-bond donors (Lipinski definition) is 1. The lowest BCUT2D eigenvalue weighted by Gasteiger charge is -2.15. The van der Waals surface area contributed by atoms with Crippen LogP contribution < -0.4 is 5.32 Å². The summed E-state index contributed by atoms with van der Waals surface area (Å²) in [6.07, 6.45) is 0. The van der Waals surface area contributed by atoms with E-state index in [0.29, 0.717) is 5.56 Å². The molecule has 0 unspecified atom stereocenters. The van der Waals surface area contributed by atoms with Crippen LogP contribution in [0.2, 0.25) is 0 Å². The second-order valence-corrected chi connectivity index (χ2v) is 8.77. The molecule has 1 amide bonds. The van der Waals surface area contributed by atoms with Crippen molar-refractivity contribution in [3.05, 3.63) is 76.8 Å². The van der Waals surface area contributed by atoms with E-state index in [1.54, 1.807) is 0 Å². The number of carbonyl (C=O) groups excluding carboxylic acids is 1. The zero-order valence-corrected chi connectivity index (χ0v) is 17.1. The maximum Gasteiger partial charge on any atom is 0.252 e. The third kappa shape index (κ3) is 4.05. The largest absolute Gasteiger partial charge is 0.345 e. The first-order valence-corrected chi connectivity index (χ1v) is 10.5. The van der Waals surface area contributed by atoms with Gasteiger partial charge in [-0.25, -0.2) is 4.98 Å². The molecule has 4 rings (SSSR count). The number of hydrogen-bond acceptors (Lipinski definition) is 6. The monoisotopic (exact) mass is 406 g/mol. The third-order valence-corrected chi connectivity index (χ3v) is 6.09. The molecule has 28 heavy (non-hydrogen) atoms. The van der Waals surface area contributed by atoms with E-state index in [2.05, 4.69) is 20.5 Å². The molecule has 0 radical (unpaired) electrons. The van der Waals surface area contributed by atoms with Crippen LogP contribution in [0.1, 0.15) is 33.9 Å². The van der Waals surface area contributed by atoms with Crippen LogP contribution in [-0.4, -0.2) is 21.1 Å². The fourth-order valence-corrected chi connectivity index (χ4v) is 4.68. The molecule has 2 heterocycles. The van der Waals surface area contributed by atoms with E-state index in [4.69, 9.17) is 0 Å². The van der Waals surface area contributed by atoms with Crippen molar-refractivity contribution in [3.63, 3.8) is 0 Å². The first-order chi connectivity index (χ1) is 13.6. The van der Waals surface area contributed by atoms with E-state index in [9.17, 15) is 4.79 Å². The van der Waals surface area contributed by atoms with Gasteiger partial charge in [-0.1, -0.05) is 59.9 Å². The highest BCUT2D eigenvalue weighted by Gasteiger charge is 2.17. The molecule has 0 bridgehead atoms. The molecule has 5 nitrogen and oxygen atoms in total. The molecular weight excluding hydrogens is 388 g/mol. The number of aromatic nitrogens is 3. The van der Waals surface area contributed by atoms with Gasteiger partial charge in [0.2, 0.25) is 0 Å². The molecule has 0 spiro atoms. The van der Waals surface area contributed by atoms with Gasteiger partial charge in [0.05, 0.1) is 17.1 Å². The Bertz CT molecular complexity index is 1130. The molecule has 2 aromatic carbocycles. The Hall–Kier alpha value is -2.77. The number of rotatable bonds is 5. The van der Waals surface area contributed by atoms with Gasteiger partial charge in [0.25, 0.3) is 5.91 Å². The van der Waals surface area contributed by atoms with Gasteiger partial charge in [-0.3, -0.25) is 4.79 Å². The number of fused-ring (bicyclic) bond motifs is 1. The number of pyridine rings is 1. The summed E-state index contributed by atoms with van der Waals surface area (Å²) in [5.74, 6) is -0.120. The Kier molecular flexibility index (Phi) is 5.36. The average molecular weight is 407 g/mol. The lowest BCUT2D eigenvalue weighted by molar-refractivity contribution is 0.0941. The van der Waals surface area contributed by atoms with Crippen LogP contribution in [0.5, 0.6) is 0 Å². The zero-order valence-electron chi connectivity index (χ0n) is 15.4. The summed E-state index contributed by atoms with van der Waals surface area (Å²) in [7, 11) is 0. The fourth-order valence-electron chi connectivity index (χ4n) is 2.90. The van der Waals surface area contributed by atoms with Crippen molar-refractivity contribution in [2.75, 3.05) is 0 Å². The van der Waals surface area contributed by atoms with E-state index >= 15 is 0 Å². The van der Waals surface area contributed by atoms with Gasteiger partial charge in [-0.15, -0.1) is 10.2 Å². The second-order valence-electron chi connectivity index (χ2n) is 6.32. The number of aryl methyl sites for hydroxylation is 1. The lowest BCUT2D eigenvalue weighted by atomic mass is 10.1. The molecular formula is C21H18N4OS2. The molecule has 0 fully saturated rings. The SMILES string of the molecule is Cc1nnc(Sc2cc(C(=O)N[C@H](C)c3ccccc3)c3ccccc3n2)s1. The first kappa shape index (κ1) is 18.6. The van der Waals surface area contributed by atoms with Crippen molar-refractivity contribution >= 4 is 39.9 Å². The fraction of sp³-hybridized carbons (Fsp3) is 0.143. The van der Waals surface area contributed by atoms with Crippen LogP contribution in [0.15, 0.2) is 70.0 Å². The molecule has 0 saturated carbocycles. The molecule has 140 valence electrons. The average Bonchev–Trinajstić information content (AvgIpc) is 3.12. The maximum atomic E-state index is 13.1. The van der Waals surface area contributed by atoms with Gasteiger partial charge in [0.1, 0.15) is 10.0 Å². The molecule has 7 heteroatoms. The van der Waals surface area contributed by atoms with Crippen molar-refractivity contribution in [2.24, 2.45) is 0 Å². The van der Waals surface area contributed by atoms with E-state index in [0.717, 1.165) is 30.8 Å². The van der Waals surface area contributed by atoms with Crippen LogP contribution in [0.3, 0.4) is 0 Å². The van der Waals surface area contributed by atoms with Gasteiger partial charge < -0.3 is 5.32 Å². The summed E-state index contributed by atoms with van der Waals surface area (Å²) in [6, 6.07) is 19.3. The third-order valence-electron chi connectivity index (χ3n) is 4.28. The Balaban J connectivity index is 1.67.